The molecule has 0 saturated heterocycles. The van der Waals surface area contributed by atoms with Crippen molar-refractivity contribution in [3.05, 3.63) is 39.6 Å². The summed E-state index contributed by atoms with van der Waals surface area (Å²) in [5.74, 6) is -1.34. The third-order valence-electron chi connectivity index (χ3n) is 2.58. The number of halogens is 2. The second kappa shape index (κ2) is 4.07. The lowest BCUT2D eigenvalue weighted by Gasteiger charge is -2.17. The summed E-state index contributed by atoms with van der Waals surface area (Å²) in [7, 11) is 0. The smallest absolute Gasteiger partial charge is 0.261 e. The number of hydrogen-bond donors (Lipinski definition) is 0. The summed E-state index contributed by atoms with van der Waals surface area (Å²) in [6, 6.07) is 2.72. The van der Waals surface area contributed by atoms with Crippen LogP contribution < -0.4 is 4.90 Å². The molecule has 0 aliphatic carbocycles. The van der Waals surface area contributed by atoms with E-state index in [-0.39, 0.29) is 5.69 Å². The van der Waals surface area contributed by atoms with Gasteiger partial charge in [0.25, 0.3) is 11.8 Å². The Balaban J connectivity index is 2.53. The van der Waals surface area contributed by atoms with Gasteiger partial charge in [-0.15, -0.1) is 0 Å². The highest BCUT2D eigenvalue weighted by Crippen LogP contribution is 2.30. The standard InChI is InChI=1S/C12H9BrFNO2/c1-6-3-8(13)9(14)5-10(6)15-11(16)4-7(2)12(15)17/h3-5H,1-2H3. The third kappa shape index (κ3) is 1.91. The quantitative estimate of drug-likeness (QED) is 0.748. The summed E-state index contributed by atoms with van der Waals surface area (Å²) in [6.45, 7) is 3.28. The van der Waals surface area contributed by atoms with E-state index in [2.05, 4.69) is 15.9 Å². The van der Waals surface area contributed by atoms with E-state index in [0.717, 1.165) is 4.90 Å². The molecule has 0 aromatic heterocycles. The van der Waals surface area contributed by atoms with E-state index in [9.17, 15) is 14.0 Å². The van der Waals surface area contributed by atoms with Gasteiger partial charge in [0.15, 0.2) is 0 Å². The monoisotopic (exact) mass is 297 g/mol. The third-order valence-corrected chi connectivity index (χ3v) is 3.19. The molecule has 0 fully saturated rings. The molecule has 88 valence electrons. The van der Waals surface area contributed by atoms with Crippen LogP contribution in [0.3, 0.4) is 0 Å². The minimum atomic E-state index is -0.504. The molecule has 5 heteroatoms. The van der Waals surface area contributed by atoms with Gasteiger partial charge in [0.2, 0.25) is 0 Å². The molecule has 0 atom stereocenters. The summed E-state index contributed by atoms with van der Waals surface area (Å²) >= 11 is 3.05. The molecule has 0 spiro atoms. The molecular weight excluding hydrogens is 289 g/mol. The van der Waals surface area contributed by atoms with Crippen molar-refractivity contribution in [1.82, 2.24) is 0 Å². The first kappa shape index (κ1) is 12.0. The minimum Gasteiger partial charge on any atom is -0.269 e. The summed E-state index contributed by atoms with van der Waals surface area (Å²) in [5.41, 5.74) is 1.30. The van der Waals surface area contributed by atoms with Crippen molar-refractivity contribution in [2.45, 2.75) is 13.8 Å². The molecule has 0 unspecified atom stereocenters. The van der Waals surface area contributed by atoms with Crippen LogP contribution in [0.5, 0.6) is 0 Å². The molecule has 0 saturated carbocycles. The Morgan fingerprint density at radius 2 is 1.88 bits per heavy atom. The van der Waals surface area contributed by atoms with Gasteiger partial charge in [-0.2, -0.15) is 0 Å². The first-order chi connectivity index (χ1) is 7.91. The lowest BCUT2D eigenvalue weighted by atomic mass is 10.1. The fraction of sp³-hybridized carbons (Fsp3) is 0.167. The maximum atomic E-state index is 13.5. The van der Waals surface area contributed by atoms with Gasteiger partial charge in [-0.1, -0.05) is 0 Å². The lowest BCUT2D eigenvalue weighted by molar-refractivity contribution is -0.120. The predicted octanol–water partition coefficient (Wildman–Crippen LogP) is 2.72. The molecule has 1 aromatic carbocycles. The Bertz CT molecular complexity index is 566. The van der Waals surface area contributed by atoms with Crippen LogP contribution in [0.2, 0.25) is 0 Å². The molecule has 0 N–H and O–H groups in total. The first-order valence-corrected chi connectivity index (χ1v) is 5.73. The van der Waals surface area contributed by atoms with Gasteiger partial charge in [0, 0.05) is 11.6 Å². The molecule has 2 rings (SSSR count). The Hall–Kier alpha value is -1.49. The predicted molar refractivity (Wildman–Crippen MR) is 65.1 cm³/mol. The Labute approximate surface area is 106 Å². The van der Waals surface area contributed by atoms with Gasteiger partial charge >= 0.3 is 0 Å². The second-order valence-electron chi connectivity index (χ2n) is 3.86. The van der Waals surface area contributed by atoms with Gasteiger partial charge in [-0.3, -0.25) is 9.59 Å². The van der Waals surface area contributed by atoms with E-state index in [1.54, 1.807) is 19.9 Å². The van der Waals surface area contributed by atoms with Crippen molar-refractivity contribution in [2.75, 3.05) is 4.90 Å². The largest absolute Gasteiger partial charge is 0.269 e. The minimum absolute atomic E-state index is 0.286. The Morgan fingerprint density at radius 3 is 2.41 bits per heavy atom. The number of carbonyl (C=O) groups is 2. The first-order valence-electron chi connectivity index (χ1n) is 4.94. The number of nitrogens with zero attached hydrogens (tertiary/aromatic N) is 1. The average molecular weight is 298 g/mol. The molecule has 17 heavy (non-hydrogen) atoms. The molecule has 1 heterocycles. The average Bonchev–Trinajstić information content (AvgIpc) is 2.48. The van der Waals surface area contributed by atoms with Crippen LogP contribution in [0.1, 0.15) is 12.5 Å². The van der Waals surface area contributed by atoms with Crippen molar-refractivity contribution in [1.29, 1.82) is 0 Å². The van der Waals surface area contributed by atoms with Crippen LogP contribution in [0, 0.1) is 12.7 Å². The van der Waals surface area contributed by atoms with Gasteiger partial charge in [-0.05, 0) is 47.5 Å². The Morgan fingerprint density at radius 1 is 1.24 bits per heavy atom. The number of hydrogen-bond acceptors (Lipinski definition) is 2. The normalized spacial score (nSPS) is 15.5. The topological polar surface area (TPSA) is 37.4 Å². The second-order valence-corrected chi connectivity index (χ2v) is 4.71. The molecule has 1 aliphatic heterocycles. The van der Waals surface area contributed by atoms with E-state index in [0.29, 0.717) is 15.6 Å². The molecule has 2 amide bonds. The van der Waals surface area contributed by atoms with E-state index in [1.165, 1.54) is 12.1 Å². The van der Waals surface area contributed by atoms with Crippen molar-refractivity contribution in [2.24, 2.45) is 0 Å². The van der Waals surface area contributed by atoms with Crippen LogP contribution >= 0.6 is 15.9 Å². The highest BCUT2D eigenvalue weighted by atomic mass is 79.9. The van der Waals surface area contributed by atoms with E-state index < -0.39 is 17.6 Å². The van der Waals surface area contributed by atoms with Crippen molar-refractivity contribution in [3.8, 4) is 0 Å². The van der Waals surface area contributed by atoms with Crippen LogP contribution in [0.25, 0.3) is 0 Å². The van der Waals surface area contributed by atoms with Crippen LogP contribution in [-0.4, -0.2) is 11.8 Å². The fourth-order valence-electron chi connectivity index (χ4n) is 1.69. The number of aryl methyl sites for hydroxylation is 1. The van der Waals surface area contributed by atoms with Crippen molar-refractivity contribution >= 4 is 33.4 Å². The number of amides is 2. The number of benzene rings is 1. The van der Waals surface area contributed by atoms with Gasteiger partial charge in [0.05, 0.1) is 10.2 Å². The van der Waals surface area contributed by atoms with Crippen molar-refractivity contribution < 1.29 is 14.0 Å². The van der Waals surface area contributed by atoms with E-state index >= 15 is 0 Å². The zero-order valence-electron chi connectivity index (χ0n) is 9.25. The molecular formula is C12H9BrFNO2. The number of anilines is 1. The Kier molecular flexibility index (Phi) is 2.87. The van der Waals surface area contributed by atoms with Gasteiger partial charge in [0.1, 0.15) is 5.82 Å². The highest BCUT2D eigenvalue weighted by Gasteiger charge is 2.31. The summed E-state index contributed by atoms with van der Waals surface area (Å²) in [6.07, 6.45) is 1.25. The van der Waals surface area contributed by atoms with E-state index in [4.69, 9.17) is 0 Å². The zero-order chi connectivity index (χ0) is 12.7. The molecule has 1 aliphatic rings. The lowest BCUT2D eigenvalue weighted by Crippen LogP contribution is -2.31. The van der Waals surface area contributed by atoms with Crippen LogP contribution in [-0.2, 0) is 9.59 Å². The summed E-state index contributed by atoms with van der Waals surface area (Å²) < 4.78 is 13.8. The number of carbonyl (C=O) groups excluding carboxylic acids is 2. The summed E-state index contributed by atoms with van der Waals surface area (Å²) in [5, 5.41) is 0. The number of rotatable bonds is 1. The fourth-order valence-corrected chi connectivity index (χ4v) is 2.15. The molecule has 0 radical (unpaired) electrons. The molecule has 3 nitrogen and oxygen atoms in total. The van der Waals surface area contributed by atoms with Gasteiger partial charge in [-0.25, -0.2) is 9.29 Å². The maximum Gasteiger partial charge on any atom is 0.261 e. The van der Waals surface area contributed by atoms with Crippen LogP contribution in [0.4, 0.5) is 10.1 Å². The van der Waals surface area contributed by atoms with E-state index in [1.807, 2.05) is 0 Å². The van der Waals surface area contributed by atoms with Crippen LogP contribution in [0.15, 0.2) is 28.3 Å². The summed E-state index contributed by atoms with van der Waals surface area (Å²) in [4.78, 5) is 24.4. The van der Waals surface area contributed by atoms with Gasteiger partial charge < -0.3 is 0 Å². The SMILES string of the molecule is CC1=CC(=O)N(c2cc(F)c(Br)cc2C)C1=O. The molecule has 1 aromatic rings. The zero-order valence-corrected chi connectivity index (χ0v) is 10.8. The van der Waals surface area contributed by atoms with Crippen molar-refractivity contribution in [3.63, 3.8) is 0 Å². The molecule has 0 bridgehead atoms. The number of imide groups is 1. The maximum absolute atomic E-state index is 13.5. The highest BCUT2D eigenvalue weighted by molar-refractivity contribution is 9.10.